The van der Waals surface area contributed by atoms with Crippen molar-refractivity contribution in [2.75, 3.05) is 31.2 Å². The molecule has 1 unspecified atom stereocenters. The Hall–Kier alpha value is -1.16. The molecule has 2 aliphatic heterocycles. The van der Waals surface area contributed by atoms with Gasteiger partial charge in [0.25, 0.3) is 0 Å². The summed E-state index contributed by atoms with van der Waals surface area (Å²) in [5.74, 6) is 2.00. The summed E-state index contributed by atoms with van der Waals surface area (Å²) in [6, 6.07) is 2.03. The van der Waals surface area contributed by atoms with Gasteiger partial charge >= 0.3 is 0 Å². The van der Waals surface area contributed by atoms with E-state index in [-0.39, 0.29) is 5.41 Å². The summed E-state index contributed by atoms with van der Waals surface area (Å²) in [5.41, 5.74) is 0.386. The molecule has 0 aromatic carbocycles. The Bertz CT molecular complexity index is 461. The topological polar surface area (TPSA) is 38.2 Å². The highest BCUT2D eigenvalue weighted by molar-refractivity contribution is 5.40. The van der Waals surface area contributed by atoms with Gasteiger partial charge in [-0.15, -0.1) is 0 Å². The predicted molar refractivity (Wildman–Crippen MR) is 75.4 cm³/mol. The molecule has 3 heterocycles. The van der Waals surface area contributed by atoms with E-state index < -0.39 is 0 Å². The van der Waals surface area contributed by atoms with E-state index in [2.05, 4.69) is 30.7 Å². The number of hydrogen-bond acceptors (Lipinski definition) is 4. The van der Waals surface area contributed by atoms with Gasteiger partial charge in [-0.3, -0.25) is 0 Å². The van der Waals surface area contributed by atoms with Crippen molar-refractivity contribution in [1.82, 2.24) is 9.97 Å². The Morgan fingerprint density at radius 3 is 2.84 bits per heavy atom. The van der Waals surface area contributed by atoms with Crippen molar-refractivity contribution in [2.24, 2.45) is 5.41 Å². The van der Waals surface area contributed by atoms with Gasteiger partial charge < -0.3 is 9.64 Å². The van der Waals surface area contributed by atoms with Gasteiger partial charge in [0.2, 0.25) is 0 Å². The van der Waals surface area contributed by atoms with Crippen LogP contribution in [0.25, 0.3) is 0 Å². The van der Waals surface area contributed by atoms with Gasteiger partial charge in [-0.05, 0) is 18.9 Å². The average Bonchev–Trinajstić information content (AvgIpc) is 3.00. The van der Waals surface area contributed by atoms with Crippen molar-refractivity contribution in [1.29, 1.82) is 0 Å². The summed E-state index contributed by atoms with van der Waals surface area (Å²) in [7, 11) is 0. The molecular formula is C15H23N3O. The van der Waals surface area contributed by atoms with Gasteiger partial charge in [-0.2, -0.15) is 0 Å². The minimum absolute atomic E-state index is 0.00386. The molecule has 19 heavy (non-hydrogen) atoms. The Morgan fingerprint density at radius 2 is 2.16 bits per heavy atom. The van der Waals surface area contributed by atoms with Crippen LogP contribution in [-0.2, 0) is 10.2 Å². The first-order valence-corrected chi connectivity index (χ1v) is 7.15. The molecule has 1 spiro atoms. The predicted octanol–water partition coefficient (Wildman–Crippen LogP) is 2.39. The van der Waals surface area contributed by atoms with E-state index in [4.69, 9.17) is 9.72 Å². The van der Waals surface area contributed by atoms with Crippen LogP contribution < -0.4 is 4.90 Å². The SMILES string of the molecule is CC(C)(C)c1nccc(N2CCC3(CCOC3)C2)n1. The molecular weight excluding hydrogens is 238 g/mol. The van der Waals surface area contributed by atoms with Crippen molar-refractivity contribution in [3.05, 3.63) is 18.1 Å². The lowest BCUT2D eigenvalue weighted by molar-refractivity contribution is 0.160. The Labute approximate surface area is 115 Å². The molecule has 4 heteroatoms. The Kier molecular flexibility index (Phi) is 3.01. The van der Waals surface area contributed by atoms with Crippen molar-refractivity contribution < 1.29 is 4.74 Å². The Balaban J connectivity index is 1.80. The van der Waals surface area contributed by atoms with Crippen LogP contribution in [0.5, 0.6) is 0 Å². The van der Waals surface area contributed by atoms with E-state index in [9.17, 15) is 0 Å². The van der Waals surface area contributed by atoms with E-state index in [0.29, 0.717) is 5.41 Å². The normalized spacial score (nSPS) is 27.4. The maximum absolute atomic E-state index is 5.58. The number of anilines is 1. The average molecular weight is 261 g/mol. The van der Waals surface area contributed by atoms with Gasteiger partial charge in [0.1, 0.15) is 11.6 Å². The molecule has 2 fully saturated rings. The van der Waals surface area contributed by atoms with E-state index in [1.165, 1.54) is 12.8 Å². The van der Waals surface area contributed by atoms with E-state index in [1.54, 1.807) is 0 Å². The lowest BCUT2D eigenvalue weighted by Crippen LogP contribution is -2.28. The van der Waals surface area contributed by atoms with Crippen LogP contribution in [0.2, 0.25) is 0 Å². The fourth-order valence-corrected chi connectivity index (χ4v) is 2.99. The third kappa shape index (κ3) is 2.46. The standard InChI is InChI=1S/C15H23N3O/c1-14(2,3)13-16-7-4-12(17-13)18-8-5-15(10-18)6-9-19-11-15/h4,7H,5-6,8-11H2,1-3H3. The van der Waals surface area contributed by atoms with Crippen LogP contribution in [-0.4, -0.2) is 36.3 Å². The Morgan fingerprint density at radius 1 is 1.32 bits per heavy atom. The van der Waals surface area contributed by atoms with Gasteiger partial charge in [0.15, 0.2) is 0 Å². The third-order valence-corrected chi connectivity index (χ3v) is 4.26. The van der Waals surface area contributed by atoms with Crippen molar-refractivity contribution in [3.63, 3.8) is 0 Å². The van der Waals surface area contributed by atoms with Crippen LogP contribution in [0, 0.1) is 5.41 Å². The van der Waals surface area contributed by atoms with Gasteiger partial charge in [-0.25, -0.2) is 9.97 Å². The fraction of sp³-hybridized carbons (Fsp3) is 0.733. The number of ether oxygens (including phenoxy) is 1. The second-order valence-corrected chi connectivity index (χ2v) is 6.96. The lowest BCUT2D eigenvalue weighted by Gasteiger charge is -2.24. The highest BCUT2D eigenvalue weighted by Crippen LogP contribution is 2.39. The van der Waals surface area contributed by atoms with Crippen molar-refractivity contribution >= 4 is 5.82 Å². The maximum atomic E-state index is 5.58. The van der Waals surface area contributed by atoms with Gasteiger partial charge in [0.05, 0.1) is 6.61 Å². The highest BCUT2D eigenvalue weighted by atomic mass is 16.5. The van der Waals surface area contributed by atoms with E-state index >= 15 is 0 Å². The molecule has 0 bridgehead atoms. The third-order valence-electron chi connectivity index (χ3n) is 4.26. The number of hydrogen-bond donors (Lipinski definition) is 0. The molecule has 2 aliphatic rings. The van der Waals surface area contributed by atoms with Crippen LogP contribution >= 0.6 is 0 Å². The first kappa shape index (κ1) is 12.9. The molecule has 0 N–H and O–H groups in total. The minimum atomic E-state index is 0.00386. The summed E-state index contributed by atoms with van der Waals surface area (Å²) >= 11 is 0. The smallest absolute Gasteiger partial charge is 0.135 e. The van der Waals surface area contributed by atoms with Crippen LogP contribution in [0.4, 0.5) is 5.82 Å². The zero-order chi connectivity index (χ0) is 13.5. The summed E-state index contributed by atoms with van der Waals surface area (Å²) in [6.07, 6.45) is 4.31. The summed E-state index contributed by atoms with van der Waals surface area (Å²) in [4.78, 5) is 11.6. The molecule has 0 aliphatic carbocycles. The lowest BCUT2D eigenvalue weighted by atomic mass is 9.87. The van der Waals surface area contributed by atoms with E-state index in [0.717, 1.165) is 37.9 Å². The quantitative estimate of drug-likeness (QED) is 0.778. The van der Waals surface area contributed by atoms with Crippen LogP contribution in [0.15, 0.2) is 12.3 Å². The first-order valence-electron chi connectivity index (χ1n) is 7.15. The molecule has 0 amide bonds. The molecule has 4 nitrogen and oxygen atoms in total. The van der Waals surface area contributed by atoms with Crippen molar-refractivity contribution in [3.8, 4) is 0 Å². The zero-order valence-corrected chi connectivity index (χ0v) is 12.1. The molecule has 104 valence electrons. The second kappa shape index (κ2) is 4.44. The summed E-state index contributed by atoms with van der Waals surface area (Å²) in [5, 5.41) is 0. The zero-order valence-electron chi connectivity index (χ0n) is 12.1. The molecule has 1 atom stereocenters. The highest BCUT2D eigenvalue weighted by Gasteiger charge is 2.41. The van der Waals surface area contributed by atoms with Crippen molar-refractivity contribution in [2.45, 2.75) is 39.0 Å². The fourth-order valence-electron chi connectivity index (χ4n) is 2.99. The van der Waals surface area contributed by atoms with Crippen LogP contribution in [0.1, 0.15) is 39.4 Å². The monoisotopic (exact) mass is 261 g/mol. The first-order chi connectivity index (χ1) is 8.99. The second-order valence-electron chi connectivity index (χ2n) is 6.96. The van der Waals surface area contributed by atoms with Gasteiger partial charge in [-0.1, -0.05) is 20.8 Å². The maximum Gasteiger partial charge on any atom is 0.135 e. The molecule has 3 rings (SSSR count). The summed E-state index contributed by atoms with van der Waals surface area (Å²) < 4.78 is 5.58. The number of rotatable bonds is 1. The summed E-state index contributed by atoms with van der Waals surface area (Å²) in [6.45, 7) is 10.5. The molecule has 0 saturated carbocycles. The molecule has 1 aromatic heterocycles. The van der Waals surface area contributed by atoms with Gasteiger partial charge in [0, 0.05) is 36.7 Å². The number of nitrogens with zero attached hydrogens (tertiary/aromatic N) is 3. The largest absolute Gasteiger partial charge is 0.381 e. The molecule has 1 aromatic rings. The molecule has 2 saturated heterocycles. The minimum Gasteiger partial charge on any atom is -0.381 e. The van der Waals surface area contributed by atoms with E-state index in [1.807, 2.05) is 12.3 Å². The van der Waals surface area contributed by atoms with Crippen LogP contribution in [0.3, 0.4) is 0 Å². The molecule has 0 radical (unpaired) electrons. The number of aromatic nitrogens is 2.